The van der Waals surface area contributed by atoms with Crippen LogP contribution in [-0.2, 0) is 6.54 Å². The number of urea groups is 1. The number of carbonyl (C=O) groups is 1. The SMILES string of the molecule is CNC(=O)Nc1ccc(NCc2nc(C)cs2)cc1. The molecule has 0 aliphatic carbocycles. The molecule has 2 amide bonds. The van der Waals surface area contributed by atoms with E-state index < -0.39 is 0 Å². The summed E-state index contributed by atoms with van der Waals surface area (Å²) in [7, 11) is 1.58. The lowest BCUT2D eigenvalue weighted by Crippen LogP contribution is -2.24. The normalized spacial score (nSPS) is 10.0. The summed E-state index contributed by atoms with van der Waals surface area (Å²) in [6, 6.07) is 7.33. The minimum atomic E-state index is -0.223. The first-order valence-electron chi connectivity index (χ1n) is 5.91. The molecule has 0 aliphatic rings. The van der Waals surface area contributed by atoms with Crippen LogP contribution in [0.1, 0.15) is 10.7 Å². The predicted octanol–water partition coefficient (Wildman–Crippen LogP) is 2.81. The molecule has 3 N–H and O–H groups in total. The Kier molecular flexibility index (Phi) is 4.35. The zero-order valence-corrected chi connectivity index (χ0v) is 11.7. The summed E-state index contributed by atoms with van der Waals surface area (Å²) in [6.45, 7) is 2.69. The molecule has 0 atom stereocenters. The number of aromatic nitrogens is 1. The molecule has 0 unspecified atom stereocenters. The van der Waals surface area contributed by atoms with Crippen molar-refractivity contribution in [2.45, 2.75) is 13.5 Å². The lowest BCUT2D eigenvalue weighted by atomic mass is 10.3. The average molecular weight is 276 g/mol. The standard InChI is InChI=1S/C13H16N4OS/c1-9-8-19-12(16-9)7-15-10-3-5-11(6-4-10)17-13(18)14-2/h3-6,8,15H,7H2,1-2H3,(H2,14,17,18). The third-order valence-electron chi connectivity index (χ3n) is 2.48. The molecule has 100 valence electrons. The fourth-order valence-corrected chi connectivity index (χ4v) is 2.24. The molecule has 0 aliphatic heterocycles. The van der Waals surface area contributed by atoms with Gasteiger partial charge >= 0.3 is 6.03 Å². The van der Waals surface area contributed by atoms with Crippen molar-refractivity contribution in [3.63, 3.8) is 0 Å². The predicted molar refractivity (Wildman–Crippen MR) is 78.7 cm³/mol. The summed E-state index contributed by atoms with van der Waals surface area (Å²) in [5.41, 5.74) is 2.80. The van der Waals surface area contributed by atoms with Gasteiger partial charge in [-0.2, -0.15) is 0 Å². The van der Waals surface area contributed by atoms with Gasteiger partial charge in [-0.25, -0.2) is 9.78 Å². The van der Waals surface area contributed by atoms with Gasteiger partial charge in [-0.3, -0.25) is 0 Å². The highest BCUT2D eigenvalue weighted by molar-refractivity contribution is 7.09. The highest BCUT2D eigenvalue weighted by atomic mass is 32.1. The molecule has 2 aromatic rings. The molecule has 19 heavy (non-hydrogen) atoms. The fourth-order valence-electron chi connectivity index (χ4n) is 1.53. The van der Waals surface area contributed by atoms with Gasteiger partial charge in [-0.15, -0.1) is 11.3 Å². The lowest BCUT2D eigenvalue weighted by Gasteiger charge is -2.07. The topological polar surface area (TPSA) is 66.1 Å². The molecule has 0 bridgehead atoms. The van der Waals surface area contributed by atoms with Gasteiger partial charge in [0.05, 0.1) is 6.54 Å². The van der Waals surface area contributed by atoms with Gasteiger partial charge in [-0.1, -0.05) is 0 Å². The second kappa shape index (κ2) is 6.19. The monoisotopic (exact) mass is 276 g/mol. The zero-order valence-electron chi connectivity index (χ0n) is 10.9. The maximum absolute atomic E-state index is 11.1. The zero-order chi connectivity index (χ0) is 13.7. The largest absolute Gasteiger partial charge is 0.379 e. The lowest BCUT2D eigenvalue weighted by molar-refractivity contribution is 0.254. The van der Waals surface area contributed by atoms with E-state index in [2.05, 4.69) is 20.9 Å². The molecular weight excluding hydrogens is 260 g/mol. The Morgan fingerprint density at radius 2 is 1.95 bits per heavy atom. The van der Waals surface area contributed by atoms with Crippen LogP contribution in [0.3, 0.4) is 0 Å². The fraction of sp³-hybridized carbons (Fsp3) is 0.231. The smallest absolute Gasteiger partial charge is 0.318 e. The first-order chi connectivity index (χ1) is 9.17. The molecule has 0 spiro atoms. The van der Waals surface area contributed by atoms with Crippen LogP contribution in [0, 0.1) is 6.92 Å². The van der Waals surface area contributed by atoms with Crippen LogP contribution in [0.25, 0.3) is 0 Å². The van der Waals surface area contributed by atoms with Crippen molar-refractivity contribution in [3.8, 4) is 0 Å². The molecule has 6 heteroatoms. The number of hydrogen-bond acceptors (Lipinski definition) is 4. The van der Waals surface area contributed by atoms with E-state index in [1.165, 1.54) is 0 Å². The Labute approximate surface area is 116 Å². The number of nitrogens with zero attached hydrogens (tertiary/aromatic N) is 1. The molecule has 0 saturated carbocycles. The van der Waals surface area contributed by atoms with Crippen molar-refractivity contribution in [2.24, 2.45) is 0 Å². The van der Waals surface area contributed by atoms with Crippen LogP contribution in [0.2, 0.25) is 0 Å². The van der Waals surface area contributed by atoms with E-state index in [1.807, 2.05) is 36.6 Å². The molecule has 1 aromatic carbocycles. The molecular formula is C13H16N4OS. The summed E-state index contributed by atoms with van der Waals surface area (Å²) < 4.78 is 0. The Hall–Kier alpha value is -2.08. The average Bonchev–Trinajstić information content (AvgIpc) is 2.83. The van der Waals surface area contributed by atoms with E-state index in [9.17, 15) is 4.79 Å². The molecule has 0 fully saturated rings. The second-order valence-corrected chi connectivity index (χ2v) is 4.96. The number of rotatable bonds is 4. The number of benzene rings is 1. The Morgan fingerprint density at radius 3 is 2.53 bits per heavy atom. The maximum atomic E-state index is 11.1. The van der Waals surface area contributed by atoms with Crippen molar-refractivity contribution < 1.29 is 4.79 Å². The summed E-state index contributed by atoms with van der Waals surface area (Å²) in [5, 5.41) is 11.6. The Morgan fingerprint density at radius 1 is 1.26 bits per heavy atom. The van der Waals surface area contributed by atoms with Gasteiger partial charge in [0.15, 0.2) is 0 Å². The van der Waals surface area contributed by atoms with Crippen molar-refractivity contribution >= 4 is 28.7 Å². The summed E-state index contributed by atoms with van der Waals surface area (Å²) in [6.07, 6.45) is 0. The van der Waals surface area contributed by atoms with Gasteiger partial charge in [0, 0.05) is 29.5 Å². The number of thiazole rings is 1. The summed E-state index contributed by atoms with van der Waals surface area (Å²) >= 11 is 1.64. The van der Waals surface area contributed by atoms with Crippen LogP contribution in [0.5, 0.6) is 0 Å². The first kappa shape index (κ1) is 13.4. The van der Waals surface area contributed by atoms with Gasteiger partial charge < -0.3 is 16.0 Å². The molecule has 1 aromatic heterocycles. The second-order valence-electron chi connectivity index (χ2n) is 4.02. The minimum Gasteiger partial charge on any atom is -0.379 e. The van der Waals surface area contributed by atoms with Gasteiger partial charge in [0.2, 0.25) is 0 Å². The van der Waals surface area contributed by atoms with Crippen LogP contribution in [0.15, 0.2) is 29.6 Å². The number of nitrogens with one attached hydrogen (secondary N) is 3. The van der Waals surface area contributed by atoms with E-state index >= 15 is 0 Å². The quantitative estimate of drug-likeness (QED) is 0.804. The van der Waals surface area contributed by atoms with E-state index in [-0.39, 0.29) is 6.03 Å². The molecule has 0 saturated heterocycles. The molecule has 2 rings (SSSR count). The van der Waals surface area contributed by atoms with Gasteiger partial charge in [-0.05, 0) is 31.2 Å². The van der Waals surface area contributed by atoms with Crippen LogP contribution in [0.4, 0.5) is 16.2 Å². The van der Waals surface area contributed by atoms with E-state index in [0.717, 1.165) is 22.1 Å². The van der Waals surface area contributed by atoms with Gasteiger partial charge in [0.1, 0.15) is 5.01 Å². The van der Waals surface area contributed by atoms with Crippen molar-refractivity contribution in [1.82, 2.24) is 10.3 Å². The summed E-state index contributed by atoms with van der Waals surface area (Å²) in [5.74, 6) is 0. The number of hydrogen-bond donors (Lipinski definition) is 3. The highest BCUT2D eigenvalue weighted by Gasteiger charge is 2.00. The minimum absolute atomic E-state index is 0.223. The van der Waals surface area contributed by atoms with Crippen molar-refractivity contribution in [1.29, 1.82) is 0 Å². The first-order valence-corrected chi connectivity index (χ1v) is 6.79. The van der Waals surface area contributed by atoms with Gasteiger partial charge in [0.25, 0.3) is 0 Å². The number of aryl methyl sites for hydroxylation is 1. The van der Waals surface area contributed by atoms with E-state index in [0.29, 0.717) is 6.54 Å². The third kappa shape index (κ3) is 3.96. The van der Waals surface area contributed by atoms with E-state index in [4.69, 9.17) is 0 Å². The number of anilines is 2. The highest BCUT2D eigenvalue weighted by Crippen LogP contribution is 2.15. The molecule has 1 heterocycles. The maximum Gasteiger partial charge on any atom is 0.318 e. The van der Waals surface area contributed by atoms with Crippen LogP contribution in [-0.4, -0.2) is 18.1 Å². The Bertz CT molecular complexity index is 550. The summed E-state index contributed by atoms with van der Waals surface area (Å²) in [4.78, 5) is 15.5. The number of amides is 2. The van der Waals surface area contributed by atoms with E-state index in [1.54, 1.807) is 18.4 Å². The van der Waals surface area contributed by atoms with Crippen LogP contribution < -0.4 is 16.0 Å². The third-order valence-corrected chi connectivity index (χ3v) is 3.45. The van der Waals surface area contributed by atoms with Crippen LogP contribution >= 0.6 is 11.3 Å². The molecule has 0 radical (unpaired) electrons. The Balaban J connectivity index is 1.89. The van der Waals surface area contributed by atoms with Crippen molar-refractivity contribution in [2.75, 3.05) is 17.7 Å². The van der Waals surface area contributed by atoms with Crippen molar-refractivity contribution in [3.05, 3.63) is 40.3 Å². The molecule has 5 nitrogen and oxygen atoms in total. The number of carbonyl (C=O) groups excluding carboxylic acids is 1.